The zero-order valence-electron chi connectivity index (χ0n) is 7.85. The average Bonchev–Trinajstić information content (AvgIpc) is 2.06. The Morgan fingerprint density at radius 2 is 1.62 bits per heavy atom. The molecule has 3 rings (SSSR count). The molecule has 3 aliphatic carbocycles. The molecule has 0 saturated heterocycles. The van der Waals surface area contributed by atoms with Gasteiger partial charge in [-0.05, 0) is 18.8 Å². The molecule has 66 valence electrons. The second kappa shape index (κ2) is 2.47. The normalized spacial score (nSPS) is 47.3. The molecule has 0 amide bonds. The predicted octanol–water partition coefficient (Wildman–Crippen LogP) is 3.11. The fraction of sp³-hybridized carbons (Fsp3) is 0.385. The van der Waals surface area contributed by atoms with Gasteiger partial charge in [0.05, 0.1) is 0 Å². The van der Waals surface area contributed by atoms with Crippen molar-refractivity contribution in [1.29, 1.82) is 0 Å². The molecular weight excluding hydrogens is 156 g/mol. The van der Waals surface area contributed by atoms with Crippen molar-refractivity contribution >= 4 is 0 Å². The van der Waals surface area contributed by atoms with E-state index in [-0.39, 0.29) is 0 Å². The maximum absolute atomic E-state index is 2.44. The summed E-state index contributed by atoms with van der Waals surface area (Å²) in [5, 5.41) is 0. The molecule has 13 heavy (non-hydrogen) atoms. The smallest absolute Gasteiger partial charge is 0.00213 e. The summed E-state index contributed by atoms with van der Waals surface area (Å²) in [6.07, 6.45) is 16.2. The molecular formula is C13H14. The van der Waals surface area contributed by atoms with Crippen molar-refractivity contribution in [3.8, 4) is 0 Å². The van der Waals surface area contributed by atoms with Crippen LogP contribution >= 0.6 is 0 Å². The third-order valence-corrected chi connectivity index (χ3v) is 3.59. The summed E-state index contributed by atoms with van der Waals surface area (Å²) < 4.78 is 0. The summed E-state index contributed by atoms with van der Waals surface area (Å²) >= 11 is 0. The SMILES string of the molecule is CC1=C[C@@H]2[C@@H]1[C@@H]1C=C/C=C/[C@@H]2C=C1. The molecule has 0 aromatic heterocycles. The van der Waals surface area contributed by atoms with E-state index in [0.717, 1.165) is 11.8 Å². The van der Waals surface area contributed by atoms with E-state index in [0.29, 0.717) is 11.8 Å². The molecule has 0 aromatic rings. The van der Waals surface area contributed by atoms with Crippen LogP contribution in [0.4, 0.5) is 0 Å². The Balaban J connectivity index is 2.08. The predicted molar refractivity (Wildman–Crippen MR) is 55.1 cm³/mol. The van der Waals surface area contributed by atoms with Gasteiger partial charge in [0.25, 0.3) is 0 Å². The van der Waals surface area contributed by atoms with Crippen molar-refractivity contribution < 1.29 is 0 Å². The van der Waals surface area contributed by atoms with Crippen molar-refractivity contribution in [3.05, 3.63) is 48.1 Å². The Morgan fingerprint density at radius 3 is 2.38 bits per heavy atom. The molecule has 0 spiro atoms. The van der Waals surface area contributed by atoms with Gasteiger partial charge in [0.1, 0.15) is 0 Å². The van der Waals surface area contributed by atoms with E-state index in [4.69, 9.17) is 0 Å². The second-order valence-electron chi connectivity index (χ2n) is 4.32. The van der Waals surface area contributed by atoms with Gasteiger partial charge in [-0.1, -0.05) is 48.1 Å². The number of rotatable bonds is 0. The van der Waals surface area contributed by atoms with Crippen LogP contribution in [0.15, 0.2) is 48.1 Å². The van der Waals surface area contributed by atoms with Crippen LogP contribution in [0, 0.1) is 23.7 Å². The highest BCUT2D eigenvalue weighted by Gasteiger charge is 2.40. The molecule has 0 radical (unpaired) electrons. The molecule has 0 aromatic carbocycles. The Hall–Kier alpha value is -1.04. The Bertz CT molecular complexity index is 341. The first kappa shape index (κ1) is 7.37. The number of hydrogen-bond donors (Lipinski definition) is 0. The van der Waals surface area contributed by atoms with Crippen LogP contribution in [0.5, 0.6) is 0 Å². The van der Waals surface area contributed by atoms with E-state index in [9.17, 15) is 0 Å². The summed E-state index contributed by atoms with van der Waals surface area (Å²) in [6.45, 7) is 2.27. The van der Waals surface area contributed by atoms with Crippen LogP contribution in [0.1, 0.15) is 6.92 Å². The van der Waals surface area contributed by atoms with Crippen molar-refractivity contribution in [2.75, 3.05) is 0 Å². The highest BCUT2D eigenvalue weighted by Crippen LogP contribution is 2.48. The summed E-state index contributed by atoms with van der Waals surface area (Å²) in [5.41, 5.74) is 1.59. The van der Waals surface area contributed by atoms with Gasteiger partial charge >= 0.3 is 0 Å². The fourth-order valence-corrected chi connectivity index (χ4v) is 2.88. The minimum absolute atomic E-state index is 0.662. The lowest BCUT2D eigenvalue weighted by atomic mass is 9.60. The molecule has 3 aliphatic rings. The molecule has 0 fully saturated rings. The van der Waals surface area contributed by atoms with E-state index in [1.807, 2.05) is 0 Å². The Morgan fingerprint density at radius 1 is 0.923 bits per heavy atom. The molecule has 0 heterocycles. The van der Waals surface area contributed by atoms with Crippen LogP contribution in [0.3, 0.4) is 0 Å². The Labute approximate surface area is 79.3 Å². The first-order valence-corrected chi connectivity index (χ1v) is 5.08. The van der Waals surface area contributed by atoms with Gasteiger partial charge < -0.3 is 0 Å². The molecule has 2 bridgehead atoms. The van der Waals surface area contributed by atoms with Gasteiger partial charge in [0, 0.05) is 11.8 Å². The zero-order chi connectivity index (χ0) is 8.84. The third kappa shape index (κ3) is 0.918. The van der Waals surface area contributed by atoms with Crippen molar-refractivity contribution in [3.63, 3.8) is 0 Å². The van der Waals surface area contributed by atoms with E-state index in [1.165, 1.54) is 0 Å². The largest absolute Gasteiger partial charge is 0.0806 e. The first-order valence-electron chi connectivity index (χ1n) is 5.08. The quantitative estimate of drug-likeness (QED) is 0.490. The lowest BCUT2D eigenvalue weighted by Crippen LogP contribution is -2.36. The second-order valence-corrected chi connectivity index (χ2v) is 4.32. The maximum Gasteiger partial charge on any atom is 0.00213 e. The lowest BCUT2D eigenvalue weighted by Gasteiger charge is -2.44. The maximum atomic E-state index is 2.44. The van der Waals surface area contributed by atoms with Crippen LogP contribution in [-0.2, 0) is 0 Å². The highest BCUT2D eigenvalue weighted by atomic mass is 14.4. The van der Waals surface area contributed by atoms with Crippen LogP contribution in [0.25, 0.3) is 0 Å². The molecule has 0 nitrogen and oxygen atoms in total. The summed E-state index contributed by atoms with van der Waals surface area (Å²) in [5.74, 6) is 2.92. The lowest BCUT2D eigenvalue weighted by molar-refractivity contribution is 0.289. The summed E-state index contributed by atoms with van der Waals surface area (Å²) in [7, 11) is 0. The van der Waals surface area contributed by atoms with Crippen molar-refractivity contribution in [2.24, 2.45) is 23.7 Å². The molecule has 0 aliphatic heterocycles. The number of hydrogen-bond acceptors (Lipinski definition) is 0. The van der Waals surface area contributed by atoms with Gasteiger partial charge in [0.2, 0.25) is 0 Å². The van der Waals surface area contributed by atoms with E-state index in [1.54, 1.807) is 5.57 Å². The third-order valence-electron chi connectivity index (χ3n) is 3.59. The molecule has 0 N–H and O–H groups in total. The van der Waals surface area contributed by atoms with E-state index in [2.05, 4.69) is 49.5 Å². The van der Waals surface area contributed by atoms with Gasteiger partial charge in [-0.15, -0.1) is 0 Å². The minimum Gasteiger partial charge on any atom is -0.0806 e. The van der Waals surface area contributed by atoms with Crippen molar-refractivity contribution in [2.45, 2.75) is 6.92 Å². The summed E-state index contributed by atoms with van der Waals surface area (Å²) in [6, 6.07) is 0. The van der Waals surface area contributed by atoms with Crippen LogP contribution < -0.4 is 0 Å². The zero-order valence-corrected chi connectivity index (χ0v) is 7.85. The van der Waals surface area contributed by atoms with E-state index < -0.39 is 0 Å². The van der Waals surface area contributed by atoms with Gasteiger partial charge in [0.15, 0.2) is 0 Å². The topological polar surface area (TPSA) is 0 Å². The average molecular weight is 170 g/mol. The molecule has 0 unspecified atom stereocenters. The van der Waals surface area contributed by atoms with Gasteiger partial charge in [-0.25, -0.2) is 0 Å². The molecule has 0 heteroatoms. The minimum atomic E-state index is 0.662. The number of allylic oxidation sites excluding steroid dienone is 8. The van der Waals surface area contributed by atoms with Crippen molar-refractivity contribution in [1.82, 2.24) is 0 Å². The Kier molecular flexibility index (Phi) is 1.40. The van der Waals surface area contributed by atoms with E-state index >= 15 is 0 Å². The first-order chi connectivity index (χ1) is 6.36. The van der Waals surface area contributed by atoms with Crippen LogP contribution in [0.2, 0.25) is 0 Å². The highest BCUT2D eigenvalue weighted by molar-refractivity contribution is 5.35. The summed E-state index contributed by atoms with van der Waals surface area (Å²) in [4.78, 5) is 0. The van der Waals surface area contributed by atoms with Gasteiger partial charge in [-0.2, -0.15) is 0 Å². The monoisotopic (exact) mass is 170 g/mol. The van der Waals surface area contributed by atoms with Gasteiger partial charge in [-0.3, -0.25) is 0 Å². The fourth-order valence-electron chi connectivity index (χ4n) is 2.88. The standard InChI is InChI=1S/C13H14/c1-9-8-12-10-4-2-3-5-11(7-6-10)13(9)12/h2-8,10-13H,1H3/b4-2+,5-3?/t10-,11-,12+,13+/m1/s1. The molecule has 4 atom stereocenters. The molecule has 0 saturated carbocycles. The van der Waals surface area contributed by atoms with Crippen LogP contribution in [-0.4, -0.2) is 0 Å².